The number of azide groups is 1. The fourth-order valence-electron chi connectivity index (χ4n) is 3.32. The fourth-order valence-corrected chi connectivity index (χ4v) is 3.32. The molecule has 26 heavy (non-hydrogen) atoms. The van der Waals surface area contributed by atoms with Crippen LogP contribution in [0.5, 0.6) is 0 Å². The quantitative estimate of drug-likeness (QED) is 0.389. The van der Waals surface area contributed by atoms with Gasteiger partial charge in [-0.25, -0.2) is 0 Å². The molecule has 1 aromatic rings. The van der Waals surface area contributed by atoms with Gasteiger partial charge in [-0.05, 0) is 56.7 Å². The highest BCUT2D eigenvalue weighted by molar-refractivity contribution is 6.62. The minimum absolute atomic E-state index is 0.403. The lowest BCUT2D eigenvalue weighted by Crippen LogP contribution is -2.43. The van der Waals surface area contributed by atoms with Crippen LogP contribution >= 0.6 is 0 Å². The third kappa shape index (κ3) is 3.75. The standard InChI is InChI=1S/C18H28BN5O2/c1-13-14(12-24-8-6-21-7-9-24)10-15(11-16(13)22-23-20)19-25-17(2,3)18(4,5)26-19/h10-11,21H,6-9,12H2,1-5H3. The molecule has 0 aliphatic carbocycles. The maximum Gasteiger partial charge on any atom is 0.494 e. The van der Waals surface area contributed by atoms with Gasteiger partial charge in [-0.1, -0.05) is 17.2 Å². The average Bonchev–Trinajstić information content (AvgIpc) is 2.80. The summed E-state index contributed by atoms with van der Waals surface area (Å²) in [6.45, 7) is 15.0. The van der Waals surface area contributed by atoms with Gasteiger partial charge in [0.05, 0.1) is 11.2 Å². The van der Waals surface area contributed by atoms with Gasteiger partial charge in [-0.3, -0.25) is 4.90 Å². The van der Waals surface area contributed by atoms with Crippen molar-refractivity contribution in [1.82, 2.24) is 10.2 Å². The summed E-state index contributed by atoms with van der Waals surface area (Å²) in [6.07, 6.45) is 0. The van der Waals surface area contributed by atoms with E-state index in [2.05, 4.69) is 26.3 Å². The summed E-state index contributed by atoms with van der Waals surface area (Å²) in [7, 11) is -0.463. The van der Waals surface area contributed by atoms with E-state index in [1.807, 2.05) is 40.7 Å². The van der Waals surface area contributed by atoms with Crippen molar-refractivity contribution < 1.29 is 9.31 Å². The van der Waals surface area contributed by atoms with E-state index >= 15 is 0 Å². The van der Waals surface area contributed by atoms with E-state index in [1.54, 1.807) is 0 Å². The third-order valence-electron chi connectivity index (χ3n) is 5.79. The van der Waals surface area contributed by atoms with Crippen molar-refractivity contribution in [3.05, 3.63) is 33.7 Å². The van der Waals surface area contributed by atoms with Crippen LogP contribution in [0, 0.1) is 6.92 Å². The molecule has 8 heteroatoms. The number of benzene rings is 1. The van der Waals surface area contributed by atoms with E-state index in [-0.39, 0.29) is 0 Å². The number of rotatable bonds is 4. The topological polar surface area (TPSA) is 82.5 Å². The number of nitrogens with one attached hydrogen (secondary N) is 1. The van der Waals surface area contributed by atoms with Gasteiger partial charge in [0.2, 0.25) is 0 Å². The average molecular weight is 357 g/mol. The zero-order valence-electron chi connectivity index (χ0n) is 16.4. The number of hydrogen-bond acceptors (Lipinski definition) is 5. The summed E-state index contributed by atoms with van der Waals surface area (Å²) >= 11 is 0. The Balaban J connectivity index is 1.94. The summed E-state index contributed by atoms with van der Waals surface area (Å²) in [5.74, 6) is 0. The van der Waals surface area contributed by atoms with Crippen molar-refractivity contribution in [2.75, 3.05) is 26.2 Å². The summed E-state index contributed by atoms with van der Waals surface area (Å²) in [5, 5.41) is 7.28. The Morgan fingerprint density at radius 1 is 1.19 bits per heavy atom. The molecule has 0 unspecified atom stereocenters. The second-order valence-electron chi connectivity index (χ2n) is 8.13. The monoisotopic (exact) mass is 357 g/mol. The van der Waals surface area contributed by atoms with E-state index < -0.39 is 18.3 Å². The largest absolute Gasteiger partial charge is 0.494 e. The zero-order valence-corrected chi connectivity index (χ0v) is 16.4. The minimum atomic E-state index is -0.463. The van der Waals surface area contributed by atoms with E-state index in [0.717, 1.165) is 49.3 Å². The maximum absolute atomic E-state index is 8.96. The Hall–Kier alpha value is -1.57. The van der Waals surface area contributed by atoms with Crippen molar-refractivity contribution in [2.24, 2.45) is 5.11 Å². The Morgan fingerprint density at radius 3 is 2.38 bits per heavy atom. The second kappa shape index (κ2) is 7.21. The summed E-state index contributed by atoms with van der Waals surface area (Å²) < 4.78 is 12.4. The molecule has 0 amide bonds. The van der Waals surface area contributed by atoms with Crippen LogP contribution in [-0.4, -0.2) is 49.4 Å². The highest BCUT2D eigenvalue weighted by atomic mass is 16.7. The molecule has 2 heterocycles. The van der Waals surface area contributed by atoms with Crippen LogP contribution in [0.3, 0.4) is 0 Å². The van der Waals surface area contributed by atoms with Crippen molar-refractivity contribution in [3.8, 4) is 0 Å². The lowest BCUT2D eigenvalue weighted by Gasteiger charge is -2.32. The molecule has 0 atom stereocenters. The summed E-state index contributed by atoms with van der Waals surface area (Å²) in [5.41, 5.74) is 11.9. The van der Waals surface area contributed by atoms with Gasteiger partial charge in [0, 0.05) is 43.3 Å². The minimum Gasteiger partial charge on any atom is -0.399 e. The molecular weight excluding hydrogens is 329 g/mol. The van der Waals surface area contributed by atoms with Crippen LogP contribution in [0.1, 0.15) is 38.8 Å². The molecule has 0 spiro atoms. The van der Waals surface area contributed by atoms with Crippen LogP contribution in [0.4, 0.5) is 5.69 Å². The lowest BCUT2D eigenvalue weighted by atomic mass is 9.77. The van der Waals surface area contributed by atoms with Crippen LogP contribution in [0.25, 0.3) is 10.4 Å². The maximum atomic E-state index is 8.96. The second-order valence-corrected chi connectivity index (χ2v) is 8.13. The number of nitrogens with zero attached hydrogens (tertiary/aromatic N) is 4. The van der Waals surface area contributed by atoms with E-state index in [1.165, 1.54) is 0 Å². The van der Waals surface area contributed by atoms with Gasteiger partial charge in [0.1, 0.15) is 0 Å². The molecule has 2 aliphatic rings. The summed E-state index contributed by atoms with van der Waals surface area (Å²) in [6, 6.07) is 4.02. The predicted molar refractivity (Wildman–Crippen MR) is 104 cm³/mol. The molecular formula is C18H28BN5O2. The van der Waals surface area contributed by atoms with Crippen LogP contribution in [0.15, 0.2) is 17.2 Å². The van der Waals surface area contributed by atoms with Gasteiger partial charge in [0.15, 0.2) is 0 Å². The van der Waals surface area contributed by atoms with E-state index in [9.17, 15) is 0 Å². The molecule has 140 valence electrons. The van der Waals surface area contributed by atoms with Crippen LogP contribution in [0.2, 0.25) is 0 Å². The highest BCUT2D eigenvalue weighted by Gasteiger charge is 2.51. The van der Waals surface area contributed by atoms with Crippen molar-refractivity contribution in [3.63, 3.8) is 0 Å². The van der Waals surface area contributed by atoms with Crippen LogP contribution < -0.4 is 10.8 Å². The molecule has 2 saturated heterocycles. The summed E-state index contributed by atoms with van der Waals surface area (Å²) in [4.78, 5) is 5.41. The van der Waals surface area contributed by atoms with Crippen molar-refractivity contribution >= 4 is 18.3 Å². The molecule has 0 radical (unpaired) electrons. The smallest absolute Gasteiger partial charge is 0.399 e. The first-order chi connectivity index (χ1) is 12.2. The first-order valence-corrected chi connectivity index (χ1v) is 9.21. The van der Waals surface area contributed by atoms with Crippen LogP contribution in [-0.2, 0) is 15.9 Å². The Bertz CT molecular complexity index is 709. The zero-order chi connectivity index (χ0) is 18.9. The molecule has 0 saturated carbocycles. The third-order valence-corrected chi connectivity index (χ3v) is 5.79. The van der Waals surface area contributed by atoms with E-state index in [0.29, 0.717) is 5.69 Å². The first kappa shape index (κ1) is 19.2. The lowest BCUT2D eigenvalue weighted by molar-refractivity contribution is 0.00578. The van der Waals surface area contributed by atoms with Gasteiger partial charge in [-0.15, -0.1) is 0 Å². The van der Waals surface area contributed by atoms with Gasteiger partial charge in [-0.2, -0.15) is 0 Å². The Morgan fingerprint density at radius 2 is 1.81 bits per heavy atom. The molecule has 2 fully saturated rings. The normalized spacial score (nSPS) is 22.3. The van der Waals surface area contributed by atoms with Crippen molar-refractivity contribution in [1.29, 1.82) is 0 Å². The molecule has 7 nitrogen and oxygen atoms in total. The molecule has 3 rings (SSSR count). The Labute approximate surface area is 155 Å². The van der Waals surface area contributed by atoms with Crippen molar-refractivity contribution in [2.45, 2.75) is 52.4 Å². The fraction of sp³-hybridized carbons (Fsp3) is 0.667. The van der Waals surface area contributed by atoms with E-state index in [4.69, 9.17) is 14.8 Å². The predicted octanol–water partition coefficient (Wildman–Crippen LogP) is 2.64. The molecule has 2 aliphatic heterocycles. The molecule has 0 bridgehead atoms. The first-order valence-electron chi connectivity index (χ1n) is 9.21. The highest BCUT2D eigenvalue weighted by Crippen LogP contribution is 2.37. The Kier molecular flexibility index (Phi) is 5.33. The number of piperazine rings is 1. The SMILES string of the molecule is Cc1c(CN2CCNCC2)cc(B2OC(C)(C)C(C)(C)O2)cc1N=[N+]=[N-]. The molecule has 1 N–H and O–H groups in total. The van der Waals surface area contributed by atoms with Gasteiger partial charge < -0.3 is 14.6 Å². The molecule has 1 aromatic carbocycles. The number of hydrogen-bond donors (Lipinski definition) is 1. The van der Waals surface area contributed by atoms with Gasteiger partial charge >= 0.3 is 7.12 Å². The molecule has 0 aromatic heterocycles. The van der Waals surface area contributed by atoms with Gasteiger partial charge in [0.25, 0.3) is 0 Å².